The molecule has 4 rings (SSSR count). The van der Waals surface area contributed by atoms with Crippen LogP contribution in [0.25, 0.3) is 0 Å². The Hall–Kier alpha value is -2.71. The van der Waals surface area contributed by atoms with Gasteiger partial charge in [0, 0.05) is 37.2 Å². The van der Waals surface area contributed by atoms with E-state index in [4.69, 9.17) is 14.6 Å². The number of ether oxygens (including phenoxy) is 1. The first-order valence-electron chi connectivity index (χ1n) is 8.93. The number of para-hydroxylation sites is 1. The van der Waals surface area contributed by atoms with Crippen molar-refractivity contribution in [1.82, 2.24) is 14.9 Å². The molecule has 0 radical (unpaired) electrons. The standard InChI is InChI=1S/C18H22N4O2.CH2O2/c23-17-12-24-18(13-22(17)16-4-2-1-3-5-16)6-8-21(9-7-18)11-15-10-19-14-20-15;2-1-3/h1-5,10,14H,6-9,11-13H2,(H,19,20);1H,(H,2,3). The van der Waals surface area contributed by atoms with Gasteiger partial charge in [-0.15, -0.1) is 0 Å². The quantitative estimate of drug-likeness (QED) is 0.793. The van der Waals surface area contributed by atoms with E-state index in [-0.39, 0.29) is 24.6 Å². The zero-order valence-corrected chi connectivity index (χ0v) is 15.1. The Labute approximate surface area is 157 Å². The van der Waals surface area contributed by atoms with Gasteiger partial charge in [0.05, 0.1) is 18.5 Å². The van der Waals surface area contributed by atoms with Crippen molar-refractivity contribution in [2.45, 2.75) is 25.0 Å². The molecule has 8 heteroatoms. The van der Waals surface area contributed by atoms with Crippen molar-refractivity contribution in [3.8, 4) is 0 Å². The molecule has 1 amide bonds. The molecule has 2 fully saturated rings. The number of imidazole rings is 1. The van der Waals surface area contributed by atoms with Crippen LogP contribution < -0.4 is 4.90 Å². The summed E-state index contributed by atoms with van der Waals surface area (Å²) in [5.41, 5.74) is 1.88. The Morgan fingerprint density at radius 3 is 2.59 bits per heavy atom. The number of anilines is 1. The van der Waals surface area contributed by atoms with Gasteiger partial charge in [-0.1, -0.05) is 18.2 Å². The predicted molar refractivity (Wildman–Crippen MR) is 99.3 cm³/mol. The van der Waals surface area contributed by atoms with Crippen LogP contribution in [0.5, 0.6) is 0 Å². The lowest BCUT2D eigenvalue weighted by molar-refractivity contribution is -0.145. The first-order valence-corrected chi connectivity index (χ1v) is 8.93. The van der Waals surface area contributed by atoms with Crippen molar-refractivity contribution in [2.75, 3.05) is 31.1 Å². The predicted octanol–water partition coefficient (Wildman–Crippen LogP) is 1.51. The van der Waals surface area contributed by atoms with Gasteiger partial charge in [0.15, 0.2) is 0 Å². The van der Waals surface area contributed by atoms with Crippen LogP contribution in [-0.2, 0) is 20.9 Å². The molecule has 2 aliphatic rings. The number of nitrogens with zero attached hydrogens (tertiary/aromatic N) is 3. The van der Waals surface area contributed by atoms with Crippen LogP contribution in [0.1, 0.15) is 18.5 Å². The highest BCUT2D eigenvalue weighted by molar-refractivity contribution is 5.95. The molecule has 144 valence electrons. The number of carbonyl (C=O) groups is 2. The lowest BCUT2D eigenvalue weighted by Gasteiger charge is -2.47. The van der Waals surface area contributed by atoms with E-state index in [2.05, 4.69) is 14.9 Å². The van der Waals surface area contributed by atoms with Crippen LogP contribution in [0.2, 0.25) is 0 Å². The number of aromatic nitrogens is 2. The lowest BCUT2D eigenvalue weighted by atomic mass is 9.89. The van der Waals surface area contributed by atoms with E-state index < -0.39 is 0 Å². The number of hydrogen-bond acceptors (Lipinski definition) is 5. The second kappa shape index (κ2) is 8.79. The maximum atomic E-state index is 12.3. The van der Waals surface area contributed by atoms with Crippen LogP contribution >= 0.6 is 0 Å². The molecule has 2 N–H and O–H groups in total. The third-order valence-electron chi connectivity index (χ3n) is 5.03. The molecule has 1 aromatic carbocycles. The molecule has 3 heterocycles. The number of carboxylic acid groups (broad SMARTS) is 1. The van der Waals surface area contributed by atoms with E-state index in [1.165, 1.54) is 0 Å². The molecule has 0 aliphatic carbocycles. The molecular formula is C19H24N4O4. The SMILES string of the molecule is O=C1COC2(CCN(Cc3cnc[nH]3)CC2)CN1c1ccccc1.O=CO. The maximum absolute atomic E-state index is 12.3. The molecule has 1 aromatic heterocycles. The summed E-state index contributed by atoms with van der Waals surface area (Å²) >= 11 is 0. The molecule has 27 heavy (non-hydrogen) atoms. The molecule has 0 bridgehead atoms. The topological polar surface area (TPSA) is 98.8 Å². The van der Waals surface area contributed by atoms with Crippen LogP contribution in [-0.4, -0.2) is 64.2 Å². The van der Waals surface area contributed by atoms with Crippen molar-refractivity contribution in [3.05, 3.63) is 48.5 Å². The van der Waals surface area contributed by atoms with E-state index in [0.29, 0.717) is 6.54 Å². The van der Waals surface area contributed by atoms with Gasteiger partial charge < -0.3 is 19.7 Å². The number of carbonyl (C=O) groups excluding carboxylic acids is 1. The Morgan fingerprint density at radius 1 is 1.26 bits per heavy atom. The number of nitrogens with one attached hydrogen (secondary N) is 1. The molecule has 0 unspecified atom stereocenters. The van der Waals surface area contributed by atoms with Crippen LogP contribution in [0.4, 0.5) is 5.69 Å². The number of hydrogen-bond donors (Lipinski definition) is 2. The Bertz CT molecular complexity index is 727. The van der Waals surface area contributed by atoms with Gasteiger partial charge in [0.25, 0.3) is 12.4 Å². The van der Waals surface area contributed by atoms with Crippen LogP contribution in [0.15, 0.2) is 42.9 Å². The smallest absolute Gasteiger partial charge is 0.290 e. The summed E-state index contributed by atoms with van der Waals surface area (Å²) in [5.74, 6) is 0.0479. The van der Waals surface area contributed by atoms with Crippen molar-refractivity contribution < 1.29 is 19.4 Å². The number of morpholine rings is 1. The summed E-state index contributed by atoms with van der Waals surface area (Å²) < 4.78 is 6.02. The fourth-order valence-electron chi connectivity index (χ4n) is 3.59. The average Bonchev–Trinajstić information content (AvgIpc) is 3.20. The minimum atomic E-state index is -0.250. The Balaban J connectivity index is 0.000000659. The largest absolute Gasteiger partial charge is 0.483 e. The number of rotatable bonds is 3. The molecule has 2 aliphatic heterocycles. The van der Waals surface area contributed by atoms with Gasteiger partial charge in [-0.05, 0) is 25.0 Å². The zero-order valence-electron chi connectivity index (χ0n) is 15.1. The molecule has 1 spiro atoms. The number of H-pyrrole nitrogens is 1. The first-order chi connectivity index (χ1) is 13.2. The molecular weight excluding hydrogens is 348 g/mol. The number of piperidine rings is 1. The average molecular weight is 372 g/mol. The van der Waals surface area contributed by atoms with Gasteiger partial charge in [0.2, 0.25) is 0 Å². The van der Waals surface area contributed by atoms with Gasteiger partial charge in [-0.2, -0.15) is 0 Å². The summed E-state index contributed by atoms with van der Waals surface area (Å²) in [6.45, 7) is 3.40. The molecule has 0 saturated carbocycles. The molecule has 2 aromatic rings. The van der Waals surface area contributed by atoms with E-state index in [9.17, 15) is 4.79 Å². The Morgan fingerprint density at radius 2 is 1.96 bits per heavy atom. The van der Waals surface area contributed by atoms with E-state index >= 15 is 0 Å². The molecule has 8 nitrogen and oxygen atoms in total. The normalized spacial score (nSPS) is 19.4. The summed E-state index contributed by atoms with van der Waals surface area (Å²) in [6.07, 6.45) is 5.47. The fraction of sp³-hybridized carbons (Fsp3) is 0.421. The van der Waals surface area contributed by atoms with E-state index in [1.54, 1.807) is 6.33 Å². The second-order valence-electron chi connectivity index (χ2n) is 6.75. The summed E-state index contributed by atoms with van der Waals surface area (Å²) in [4.78, 5) is 32.2. The monoisotopic (exact) mass is 372 g/mol. The zero-order chi connectivity index (χ0) is 19.1. The molecule has 0 atom stereocenters. The number of amides is 1. The fourth-order valence-corrected chi connectivity index (χ4v) is 3.59. The third kappa shape index (κ3) is 4.72. The van der Waals surface area contributed by atoms with Gasteiger partial charge in [0.1, 0.15) is 6.61 Å². The highest BCUT2D eigenvalue weighted by atomic mass is 16.5. The molecule has 2 saturated heterocycles. The van der Waals surface area contributed by atoms with Gasteiger partial charge in [-0.3, -0.25) is 14.5 Å². The van der Waals surface area contributed by atoms with Crippen molar-refractivity contribution >= 4 is 18.1 Å². The maximum Gasteiger partial charge on any atom is 0.290 e. The first kappa shape index (κ1) is 19.1. The summed E-state index contributed by atoms with van der Waals surface area (Å²) in [7, 11) is 0. The minimum absolute atomic E-state index is 0.0479. The highest BCUT2D eigenvalue weighted by Gasteiger charge is 2.42. The van der Waals surface area contributed by atoms with Crippen molar-refractivity contribution in [1.29, 1.82) is 0 Å². The van der Waals surface area contributed by atoms with Crippen LogP contribution in [0, 0.1) is 0 Å². The minimum Gasteiger partial charge on any atom is -0.483 e. The van der Waals surface area contributed by atoms with Gasteiger partial charge in [-0.25, -0.2) is 4.98 Å². The summed E-state index contributed by atoms with van der Waals surface area (Å²) in [6, 6.07) is 9.89. The summed E-state index contributed by atoms with van der Waals surface area (Å²) in [5, 5.41) is 6.89. The number of likely N-dealkylation sites (tertiary alicyclic amines) is 1. The Kier molecular flexibility index (Phi) is 6.20. The third-order valence-corrected chi connectivity index (χ3v) is 5.03. The lowest BCUT2D eigenvalue weighted by Crippen LogP contribution is -2.58. The van der Waals surface area contributed by atoms with E-state index in [0.717, 1.165) is 43.9 Å². The number of aromatic amines is 1. The highest BCUT2D eigenvalue weighted by Crippen LogP contribution is 2.33. The van der Waals surface area contributed by atoms with Gasteiger partial charge >= 0.3 is 0 Å². The van der Waals surface area contributed by atoms with E-state index in [1.807, 2.05) is 41.4 Å². The number of benzene rings is 1. The second-order valence-corrected chi connectivity index (χ2v) is 6.75. The van der Waals surface area contributed by atoms with Crippen molar-refractivity contribution in [3.63, 3.8) is 0 Å². The van der Waals surface area contributed by atoms with Crippen LogP contribution in [0.3, 0.4) is 0 Å². The van der Waals surface area contributed by atoms with Crippen molar-refractivity contribution in [2.24, 2.45) is 0 Å².